The van der Waals surface area contributed by atoms with Crippen LogP contribution >= 0.6 is 34.5 Å². The molecule has 27 heavy (non-hydrogen) atoms. The molecule has 1 aromatic carbocycles. The first kappa shape index (κ1) is 20.1. The fraction of sp³-hybridized carbons (Fsp3) is 0.389. The van der Waals surface area contributed by atoms with Crippen molar-refractivity contribution in [3.05, 3.63) is 39.3 Å². The number of halogens is 2. The third kappa shape index (κ3) is 5.65. The van der Waals surface area contributed by atoms with E-state index in [0.717, 1.165) is 19.4 Å². The van der Waals surface area contributed by atoms with Crippen molar-refractivity contribution >= 4 is 46.4 Å². The number of carbonyl (C=O) groups excluding carboxylic acids is 2. The number of carbonyl (C=O) groups is 2. The van der Waals surface area contributed by atoms with Crippen LogP contribution in [0.4, 0.5) is 0 Å². The van der Waals surface area contributed by atoms with Crippen molar-refractivity contribution in [3.63, 3.8) is 0 Å². The van der Waals surface area contributed by atoms with Crippen molar-refractivity contribution in [2.75, 3.05) is 19.8 Å². The number of nitrogens with one attached hydrogen (secondary N) is 1. The summed E-state index contributed by atoms with van der Waals surface area (Å²) in [5.41, 5.74) is 1.18. The first-order valence-electron chi connectivity index (χ1n) is 8.45. The second-order valence-electron chi connectivity index (χ2n) is 6.02. The number of rotatable bonds is 7. The van der Waals surface area contributed by atoms with Crippen LogP contribution in [0.15, 0.2) is 23.6 Å². The van der Waals surface area contributed by atoms with Gasteiger partial charge in [-0.2, -0.15) is 0 Å². The summed E-state index contributed by atoms with van der Waals surface area (Å²) in [5, 5.41) is 6.06. The Labute approximate surface area is 170 Å². The van der Waals surface area contributed by atoms with Gasteiger partial charge in [0.1, 0.15) is 5.01 Å². The van der Waals surface area contributed by atoms with Gasteiger partial charge in [0.05, 0.1) is 28.3 Å². The molecule has 1 atom stereocenters. The molecule has 1 N–H and O–H groups in total. The third-order valence-electron chi connectivity index (χ3n) is 3.97. The summed E-state index contributed by atoms with van der Waals surface area (Å²) < 4.78 is 10.4. The van der Waals surface area contributed by atoms with Crippen LogP contribution in [0.25, 0.3) is 10.6 Å². The summed E-state index contributed by atoms with van der Waals surface area (Å²) in [4.78, 5) is 28.1. The molecule has 1 fully saturated rings. The van der Waals surface area contributed by atoms with Crippen molar-refractivity contribution in [2.45, 2.75) is 25.4 Å². The van der Waals surface area contributed by atoms with E-state index in [1.54, 1.807) is 23.6 Å². The fourth-order valence-corrected chi connectivity index (χ4v) is 4.21. The maximum absolute atomic E-state index is 11.9. The number of nitrogens with zero attached hydrogens (tertiary/aromatic N) is 1. The quantitative estimate of drug-likeness (QED) is 0.682. The number of benzene rings is 1. The van der Waals surface area contributed by atoms with Crippen molar-refractivity contribution in [1.29, 1.82) is 0 Å². The molecule has 1 saturated heterocycles. The Kier molecular flexibility index (Phi) is 7.07. The molecule has 6 nitrogen and oxygen atoms in total. The summed E-state index contributed by atoms with van der Waals surface area (Å²) in [5.74, 6) is -0.870. The van der Waals surface area contributed by atoms with Gasteiger partial charge in [0.15, 0.2) is 6.61 Å². The van der Waals surface area contributed by atoms with Gasteiger partial charge in [0.2, 0.25) is 0 Å². The van der Waals surface area contributed by atoms with Crippen molar-refractivity contribution in [2.24, 2.45) is 0 Å². The summed E-state index contributed by atoms with van der Waals surface area (Å²) in [7, 11) is 0. The van der Waals surface area contributed by atoms with Crippen LogP contribution in [0, 0.1) is 0 Å². The summed E-state index contributed by atoms with van der Waals surface area (Å²) in [6.07, 6.45) is 1.96. The number of esters is 1. The molecule has 0 radical (unpaired) electrons. The molecule has 144 valence electrons. The average molecular weight is 429 g/mol. The molecule has 0 saturated carbocycles. The van der Waals surface area contributed by atoms with Crippen LogP contribution in [0.1, 0.15) is 18.5 Å². The number of hydrogen-bond donors (Lipinski definition) is 1. The highest BCUT2D eigenvalue weighted by atomic mass is 35.5. The van der Waals surface area contributed by atoms with E-state index in [1.165, 1.54) is 11.3 Å². The molecule has 1 amide bonds. The minimum Gasteiger partial charge on any atom is -0.455 e. The average Bonchev–Trinajstić information content (AvgIpc) is 3.30. The molecular formula is C18H18Cl2N2O4S. The molecule has 0 spiro atoms. The molecule has 0 bridgehead atoms. The van der Waals surface area contributed by atoms with Gasteiger partial charge < -0.3 is 14.8 Å². The highest BCUT2D eigenvalue weighted by Gasteiger charge is 2.18. The van der Waals surface area contributed by atoms with E-state index in [2.05, 4.69) is 10.3 Å². The van der Waals surface area contributed by atoms with E-state index in [4.69, 9.17) is 32.7 Å². The zero-order chi connectivity index (χ0) is 19.2. The van der Waals surface area contributed by atoms with Gasteiger partial charge in [-0.3, -0.25) is 9.59 Å². The fourth-order valence-electron chi connectivity index (χ4n) is 2.63. The van der Waals surface area contributed by atoms with Crippen molar-refractivity contribution in [1.82, 2.24) is 10.3 Å². The number of amides is 1. The van der Waals surface area contributed by atoms with Gasteiger partial charge in [0, 0.05) is 24.1 Å². The smallest absolute Gasteiger partial charge is 0.312 e. The van der Waals surface area contributed by atoms with E-state index in [1.807, 2.05) is 0 Å². The lowest BCUT2D eigenvalue weighted by Crippen LogP contribution is -2.35. The van der Waals surface area contributed by atoms with Crippen LogP contribution in [0.5, 0.6) is 0 Å². The molecule has 9 heteroatoms. The second-order valence-corrected chi connectivity index (χ2v) is 7.69. The van der Waals surface area contributed by atoms with E-state index in [-0.39, 0.29) is 25.0 Å². The molecule has 3 rings (SSSR count). The minimum atomic E-state index is -0.524. The Balaban J connectivity index is 1.47. The molecule has 0 unspecified atom stereocenters. The number of ether oxygens (including phenoxy) is 2. The van der Waals surface area contributed by atoms with Crippen LogP contribution in [-0.4, -0.2) is 42.7 Å². The molecule has 2 aromatic rings. The highest BCUT2D eigenvalue weighted by Crippen LogP contribution is 2.36. The van der Waals surface area contributed by atoms with Crippen molar-refractivity contribution in [3.8, 4) is 10.6 Å². The Morgan fingerprint density at radius 3 is 2.81 bits per heavy atom. The predicted octanol–water partition coefficient (Wildman–Crippen LogP) is 3.50. The second kappa shape index (κ2) is 9.50. The predicted molar refractivity (Wildman–Crippen MR) is 104 cm³/mol. The van der Waals surface area contributed by atoms with E-state index in [0.29, 0.717) is 32.9 Å². The van der Waals surface area contributed by atoms with Crippen LogP contribution in [-0.2, 0) is 25.5 Å². The normalized spacial score (nSPS) is 16.3. The molecular weight excluding hydrogens is 411 g/mol. The van der Waals surface area contributed by atoms with Crippen LogP contribution < -0.4 is 5.32 Å². The topological polar surface area (TPSA) is 77.5 Å². The first-order chi connectivity index (χ1) is 13.0. The highest BCUT2D eigenvalue weighted by molar-refractivity contribution is 7.13. The Morgan fingerprint density at radius 2 is 2.11 bits per heavy atom. The Morgan fingerprint density at radius 1 is 1.33 bits per heavy atom. The van der Waals surface area contributed by atoms with Gasteiger partial charge in [-0.1, -0.05) is 29.3 Å². The van der Waals surface area contributed by atoms with Gasteiger partial charge in [0.25, 0.3) is 5.91 Å². The van der Waals surface area contributed by atoms with Gasteiger partial charge >= 0.3 is 5.97 Å². The van der Waals surface area contributed by atoms with Gasteiger partial charge in [-0.15, -0.1) is 11.3 Å². The standard InChI is InChI=1S/C18H18Cl2N2O4S/c19-13-4-1-5-14(20)17(13)18-22-11(10-27-18)7-16(24)26-9-15(23)21-8-12-3-2-6-25-12/h1,4-5,10,12H,2-3,6-9H2,(H,21,23)/t12-/m1/s1. The summed E-state index contributed by atoms with van der Waals surface area (Å²) in [6.45, 7) is 0.841. The lowest BCUT2D eigenvalue weighted by atomic mass is 10.2. The molecule has 1 aliphatic rings. The molecule has 0 aliphatic carbocycles. The van der Waals surface area contributed by atoms with Crippen molar-refractivity contribution < 1.29 is 19.1 Å². The Hall–Kier alpha value is -1.67. The molecule has 1 aromatic heterocycles. The molecule has 1 aliphatic heterocycles. The largest absolute Gasteiger partial charge is 0.455 e. The zero-order valence-corrected chi connectivity index (χ0v) is 16.7. The number of hydrogen-bond acceptors (Lipinski definition) is 6. The van der Waals surface area contributed by atoms with Gasteiger partial charge in [-0.05, 0) is 25.0 Å². The van der Waals surface area contributed by atoms with E-state index in [9.17, 15) is 9.59 Å². The number of aromatic nitrogens is 1. The van der Waals surface area contributed by atoms with E-state index >= 15 is 0 Å². The molecule has 2 heterocycles. The van der Waals surface area contributed by atoms with Gasteiger partial charge in [-0.25, -0.2) is 4.98 Å². The Bertz CT molecular complexity index is 801. The summed E-state index contributed by atoms with van der Waals surface area (Å²) >= 11 is 13.7. The van der Waals surface area contributed by atoms with Crippen LogP contribution in [0.3, 0.4) is 0 Å². The lowest BCUT2D eigenvalue weighted by Gasteiger charge is -2.10. The van der Waals surface area contributed by atoms with Crippen LogP contribution in [0.2, 0.25) is 10.0 Å². The number of thiazole rings is 1. The maximum atomic E-state index is 11.9. The summed E-state index contributed by atoms with van der Waals surface area (Å²) in [6, 6.07) is 5.21. The maximum Gasteiger partial charge on any atom is 0.312 e. The zero-order valence-electron chi connectivity index (χ0n) is 14.4. The SMILES string of the molecule is O=C(COC(=O)Cc1csc(-c2c(Cl)cccc2Cl)n1)NC[C@H]1CCCO1. The third-order valence-corrected chi connectivity index (χ3v) is 5.51. The van der Waals surface area contributed by atoms with E-state index < -0.39 is 5.97 Å². The monoisotopic (exact) mass is 428 g/mol. The first-order valence-corrected chi connectivity index (χ1v) is 10.1. The minimum absolute atomic E-state index is 0.0302. The lowest BCUT2D eigenvalue weighted by molar-refractivity contribution is -0.148.